The number of aromatic nitrogens is 2. The first-order valence-corrected chi connectivity index (χ1v) is 13.2. The van der Waals surface area contributed by atoms with Gasteiger partial charge in [-0.3, -0.25) is 19.2 Å². The van der Waals surface area contributed by atoms with Gasteiger partial charge in [0.15, 0.2) is 24.6 Å². The van der Waals surface area contributed by atoms with Gasteiger partial charge in [0.2, 0.25) is 6.10 Å². The van der Waals surface area contributed by atoms with Crippen LogP contribution >= 0.6 is 0 Å². The maximum Gasteiger partial charge on any atom is 0.308 e. The number of ether oxygens (including phenoxy) is 5. The number of aryl methyl sites for hydroxylation is 2. The largest absolute Gasteiger partial charge is 0.456 e. The van der Waals surface area contributed by atoms with Crippen LogP contribution in [0.5, 0.6) is 5.75 Å². The van der Waals surface area contributed by atoms with Crippen LogP contribution in [0.3, 0.4) is 0 Å². The van der Waals surface area contributed by atoms with Gasteiger partial charge in [-0.05, 0) is 48.6 Å². The van der Waals surface area contributed by atoms with Crippen LogP contribution in [0.15, 0.2) is 36.7 Å². The lowest BCUT2D eigenvalue weighted by Crippen LogP contribution is -2.61. The highest BCUT2D eigenvalue weighted by Crippen LogP contribution is 2.38. The Morgan fingerprint density at radius 3 is 2.17 bits per heavy atom. The SMILES string of the molecule is CC(=O)Oc1ccc2[nH]c3c(C)c4cc[n+]([C@@H]5OC[C@@H](OC(C)=O)[C@@H](OC(C)=O)[C@H]5OC(C)=O)cc4c(C)c3c2c1. The van der Waals surface area contributed by atoms with E-state index in [4.69, 9.17) is 23.7 Å². The zero-order chi connectivity index (χ0) is 29.6. The number of nitrogens with zero attached hydrogens (tertiary/aromatic N) is 1. The number of pyridine rings is 1. The van der Waals surface area contributed by atoms with E-state index < -0.39 is 48.4 Å². The monoisotopic (exact) mass is 563 g/mol. The van der Waals surface area contributed by atoms with Gasteiger partial charge in [-0.1, -0.05) is 0 Å². The number of benzene rings is 2. The van der Waals surface area contributed by atoms with Gasteiger partial charge in [0, 0.05) is 55.4 Å². The molecule has 0 bridgehead atoms. The summed E-state index contributed by atoms with van der Waals surface area (Å²) in [6.45, 7) is 9.02. The van der Waals surface area contributed by atoms with Crippen LogP contribution in [0.4, 0.5) is 0 Å². The third-order valence-electron chi connectivity index (χ3n) is 7.19. The Labute approximate surface area is 235 Å². The Bertz CT molecular complexity index is 1720. The highest BCUT2D eigenvalue weighted by atomic mass is 16.6. The average molecular weight is 564 g/mol. The molecule has 0 radical (unpaired) electrons. The van der Waals surface area contributed by atoms with Crippen molar-refractivity contribution < 1.29 is 47.4 Å². The number of hydrogen-bond donors (Lipinski definition) is 1. The number of carbonyl (C=O) groups is 4. The smallest absolute Gasteiger partial charge is 0.308 e. The fraction of sp³-hybridized carbons (Fsp3) is 0.367. The summed E-state index contributed by atoms with van der Waals surface area (Å²) in [5.74, 6) is -1.76. The van der Waals surface area contributed by atoms with Crippen molar-refractivity contribution in [1.82, 2.24) is 4.98 Å². The third-order valence-corrected chi connectivity index (χ3v) is 7.19. The number of rotatable bonds is 5. The van der Waals surface area contributed by atoms with E-state index in [1.807, 2.05) is 38.2 Å². The standard InChI is InChI=1S/C30H30N2O9/c1-14-23-12-32(30-29(41-19(6)36)28(40-18(5)35)25(13-37-30)39-17(4)34)10-9-21(23)15(2)27-26(14)22-11-20(38-16(3)33)7-8-24(22)31-27/h7-12,25,28-30H,13H2,1-6H3/p+1/t25-,28-,29-,30-/m1/s1. The number of esters is 4. The van der Waals surface area contributed by atoms with E-state index in [2.05, 4.69) is 4.98 Å². The van der Waals surface area contributed by atoms with Gasteiger partial charge < -0.3 is 28.7 Å². The molecule has 2 aromatic carbocycles. The van der Waals surface area contributed by atoms with Crippen LogP contribution in [0.2, 0.25) is 0 Å². The summed E-state index contributed by atoms with van der Waals surface area (Å²) >= 11 is 0. The molecule has 4 atom stereocenters. The highest BCUT2D eigenvalue weighted by molar-refractivity contribution is 6.16. The Morgan fingerprint density at radius 1 is 0.829 bits per heavy atom. The van der Waals surface area contributed by atoms with Crippen molar-refractivity contribution in [2.24, 2.45) is 0 Å². The molecule has 0 aliphatic carbocycles. The van der Waals surface area contributed by atoms with Crippen molar-refractivity contribution in [3.8, 4) is 5.75 Å². The van der Waals surface area contributed by atoms with E-state index in [1.54, 1.807) is 16.8 Å². The van der Waals surface area contributed by atoms with Crippen LogP contribution in [0.1, 0.15) is 45.0 Å². The van der Waals surface area contributed by atoms with Crippen molar-refractivity contribution in [3.63, 3.8) is 0 Å². The van der Waals surface area contributed by atoms with Crippen molar-refractivity contribution >= 4 is 56.5 Å². The van der Waals surface area contributed by atoms with Crippen LogP contribution in [-0.2, 0) is 38.1 Å². The molecule has 0 unspecified atom stereocenters. The Morgan fingerprint density at radius 2 is 1.51 bits per heavy atom. The van der Waals surface area contributed by atoms with Gasteiger partial charge in [-0.25, -0.2) is 0 Å². The number of aromatic amines is 1. The molecule has 1 N–H and O–H groups in total. The minimum atomic E-state index is -1.10. The summed E-state index contributed by atoms with van der Waals surface area (Å²) in [6.07, 6.45) is -0.320. The molecular formula is C30H31N2O9+. The Kier molecular flexibility index (Phi) is 7.39. The summed E-state index contributed by atoms with van der Waals surface area (Å²) in [7, 11) is 0. The van der Waals surface area contributed by atoms with Crippen molar-refractivity contribution in [2.75, 3.05) is 6.61 Å². The van der Waals surface area contributed by atoms with E-state index in [-0.39, 0.29) is 6.61 Å². The highest BCUT2D eigenvalue weighted by Gasteiger charge is 2.51. The predicted molar refractivity (Wildman–Crippen MR) is 146 cm³/mol. The molecule has 1 aliphatic heterocycles. The second-order valence-corrected chi connectivity index (χ2v) is 10.2. The first kappa shape index (κ1) is 28.0. The first-order valence-electron chi connectivity index (χ1n) is 13.2. The fourth-order valence-corrected chi connectivity index (χ4v) is 5.62. The lowest BCUT2D eigenvalue weighted by Gasteiger charge is -2.37. The molecule has 11 heteroatoms. The topological polar surface area (TPSA) is 134 Å². The van der Waals surface area contributed by atoms with Gasteiger partial charge >= 0.3 is 30.1 Å². The molecule has 5 rings (SSSR count). The molecule has 0 spiro atoms. The lowest BCUT2D eigenvalue weighted by atomic mass is 9.96. The van der Waals surface area contributed by atoms with Crippen LogP contribution in [0.25, 0.3) is 32.6 Å². The van der Waals surface area contributed by atoms with Crippen molar-refractivity contribution in [2.45, 2.75) is 66.1 Å². The predicted octanol–water partition coefficient (Wildman–Crippen LogP) is 3.63. The maximum absolute atomic E-state index is 12.1. The van der Waals surface area contributed by atoms with E-state index >= 15 is 0 Å². The fourth-order valence-electron chi connectivity index (χ4n) is 5.62. The molecule has 1 fully saturated rings. The second kappa shape index (κ2) is 10.8. The van der Waals surface area contributed by atoms with Crippen LogP contribution < -0.4 is 9.30 Å². The molecule has 1 aliphatic rings. The molecule has 0 saturated carbocycles. The Hall–Kier alpha value is -4.51. The quantitative estimate of drug-likeness (QED) is 0.167. The summed E-state index contributed by atoms with van der Waals surface area (Å²) < 4.78 is 29.6. The zero-order valence-corrected chi connectivity index (χ0v) is 23.6. The number of fused-ring (bicyclic) bond motifs is 4. The summed E-state index contributed by atoms with van der Waals surface area (Å²) in [5.41, 5.74) is 3.85. The number of H-pyrrole nitrogens is 1. The molecule has 214 valence electrons. The van der Waals surface area contributed by atoms with Gasteiger partial charge in [0.1, 0.15) is 5.75 Å². The Balaban J connectivity index is 1.65. The van der Waals surface area contributed by atoms with Crippen LogP contribution in [-0.4, -0.2) is 53.8 Å². The minimum absolute atomic E-state index is 0.0799. The summed E-state index contributed by atoms with van der Waals surface area (Å²) in [4.78, 5) is 50.9. The van der Waals surface area contributed by atoms with Gasteiger partial charge in [-0.2, -0.15) is 4.57 Å². The number of carbonyl (C=O) groups excluding carboxylic acids is 4. The minimum Gasteiger partial charge on any atom is -0.456 e. The molecule has 1 saturated heterocycles. The van der Waals surface area contributed by atoms with E-state index in [0.717, 1.165) is 43.7 Å². The molecule has 3 heterocycles. The molecular weight excluding hydrogens is 532 g/mol. The number of nitrogens with one attached hydrogen (secondary N) is 1. The summed E-state index contributed by atoms with van der Waals surface area (Å²) in [5, 5.41) is 3.79. The molecule has 0 amide bonds. The van der Waals surface area contributed by atoms with E-state index in [1.165, 1.54) is 27.7 Å². The van der Waals surface area contributed by atoms with Gasteiger partial charge in [0.05, 0.1) is 12.1 Å². The molecule has 41 heavy (non-hydrogen) atoms. The first-order chi connectivity index (χ1) is 19.4. The average Bonchev–Trinajstić information content (AvgIpc) is 3.27. The molecule has 4 aromatic rings. The molecule has 2 aromatic heterocycles. The molecule has 11 nitrogen and oxygen atoms in total. The van der Waals surface area contributed by atoms with E-state index in [0.29, 0.717) is 5.75 Å². The van der Waals surface area contributed by atoms with E-state index in [9.17, 15) is 19.2 Å². The van der Waals surface area contributed by atoms with Crippen molar-refractivity contribution in [1.29, 1.82) is 0 Å². The third kappa shape index (κ3) is 5.32. The lowest BCUT2D eigenvalue weighted by molar-refractivity contribution is -0.773. The van der Waals surface area contributed by atoms with Crippen LogP contribution in [0, 0.1) is 13.8 Å². The van der Waals surface area contributed by atoms with Gasteiger partial charge in [0.25, 0.3) is 0 Å². The van der Waals surface area contributed by atoms with Crippen molar-refractivity contribution in [3.05, 3.63) is 47.8 Å². The maximum atomic E-state index is 12.1. The number of hydrogen-bond acceptors (Lipinski definition) is 9. The normalized spacial score (nSPS) is 20.6. The second-order valence-electron chi connectivity index (χ2n) is 10.2. The van der Waals surface area contributed by atoms with Gasteiger partial charge in [-0.15, -0.1) is 0 Å². The summed E-state index contributed by atoms with van der Waals surface area (Å²) in [6, 6.07) is 7.41. The zero-order valence-electron chi connectivity index (χ0n) is 23.6.